The quantitative estimate of drug-likeness (QED) is 0.925. The minimum Gasteiger partial charge on any atom is -0.496 e. The number of hydrogen-bond acceptors (Lipinski definition) is 3. The first-order valence-electron chi connectivity index (χ1n) is 7.76. The number of nitrogens with zero attached hydrogens (tertiary/aromatic N) is 1. The standard InChI is InChI=1S/C17H21NO4/c1-22-15-5-3-2-4-12(15)11-8-9-18(10-11)16(19)13-6-7-14(13)17(20)21/h2-5,11,13-14H,6-10H2,1H3,(H,20,21). The maximum atomic E-state index is 12.5. The Balaban J connectivity index is 1.67. The van der Waals surface area contributed by atoms with Crippen molar-refractivity contribution < 1.29 is 19.4 Å². The molecule has 1 saturated carbocycles. The fourth-order valence-electron chi connectivity index (χ4n) is 3.54. The van der Waals surface area contributed by atoms with Crippen LogP contribution in [-0.4, -0.2) is 42.1 Å². The summed E-state index contributed by atoms with van der Waals surface area (Å²) in [6.07, 6.45) is 2.22. The van der Waals surface area contributed by atoms with Crippen LogP contribution in [0.1, 0.15) is 30.7 Å². The van der Waals surface area contributed by atoms with Crippen LogP contribution in [0.25, 0.3) is 0 Å². The molecular formula is C17H21NO4. The van der Waals surface area contributed by atoms with Gasteiger partial charge in [-0.3, -0.25) is 9.59 Å². The third kappa shape index (κ3) is 2.56. The Morgan fingerprint density at radius 1 is 1.18 bits per heavy atom. The summed E-state index contributed by atoms with van der Waals surface area (Å²) in [5.74, 6) is -0.523. The highest BCUT2D eigenvalue weighted by Gasteiger charge is 2.44. The number of carbonyl (C=O) groups excluding carboxylic acids is 1. The Morgan fingerprint density at radius 2 is 1.91 bits per heavy atom. The van der Waals surface area contributed by atoms with Crippen molar-refractivity contribution in [1.29, 1.82) is 0 Å². The molecule has 22 heavy (non-hydrogen) atoms. The number of carboxylic acid groups (broad SMARTS) is 1. The summed E-state index contributed by atoms with van der Waals surface area (Å²) in [5, 5.41) is 9.11. The van der Waals surface area contributed by atoms with E-state index in [0.717, 1.165) is 17.7 Å². The van der Waals surface area contributed by atoms with Crippen LogP contribution in [-0.2, 0) is 9.59 Å². The summed E-state index contributed by atoms with van der Waals surface area (Å²) in [5.41, 5.74) is 1.13. The zero-order chi connectivity index (χ0) is 15.7. The van der Waals surface area contributed by atoms with E-state index in [-0.39, 0.29) is 17.7 Å². The molecule has 1 N–H and O–H groups in total. The van der Waals surface area contributed by atoms with Gasteiger partial charge < -0.3 is 14.7 Å². The lowest BCUT2D eigenvalue weighted by Gasteiger charge is -2.35. The number of amides is 1. The largest absolute Gasteiger partial charge is 0.496 e. The van der Waals surface area contributed by atoms with E-state index in [2.05, 4.69) is 0 Å². The SMILES string of the molecule is COc1ccccc1C1CCN(C(=O)C2CCC2C(=O)O)C1. The van der Waals surface area contributed by atoms with Crippen molar-refractivity contribution in [3.05, 3.63) is 29.8 Å². The van der Waals surface area contributed by atoms with Gasteiger partial charge in [-0.05, 0) is 30.9 Å². The summed E-state index contributed by atoms with van der Waals surface area (Å²) < 4.78 is 5.40. The summed E-state index contributed by atoms with van der Waals surface area (Å²) in [4.78, 5) is 25.4. The molecule has 0 radical (unpaired) electrons. The van der Waals surface area contributed by atoms with Crippen molar-refractivity contribution in [3.8, 4) is 5.75 Å². The minimum absolute atomic E-state index is 0.0102. The Hall–Kier alpha value is -2.04. The molecular weight excluding hydrogens is 282 g/mol. The molecule has 3 unspecified atom stereocenters. The van der Waals surface area contributed by atoms with Crippen molar-refractivity contribution >= 4 is 11.9 Å². The molecule has 1 heterocycles. The van der Waals surface area contributed by atoms with Crippen molar-refractivity contribution in [2.75, 3.05) is 20.2 Å². The number of rotatable bonds is 4. The predicted molar refractivity (Wildman–Crippen MR) is 80.8 cm³/mol. The highest BCUT2D eigenvalue weighted by atomic mass is 16.5. The molecule has 0 aromatic heterocycles. The molecule has 2 aliphatic rings. The minimum atomic E-state index is -0.843. The Morgan fingerprint density at radius 3 is 2.55 bits per heavy atom. The number of aliphatic carboxylic acids is 1. The second-order valence-corrected chi connectivity index (χ2v) is 6.14. The van der Waals surface area contributed by atoms with Crippen LogP contribution in [0.4, 0.5) is 0 Å². The number of benzene rings is 1. The first-order chi connectivity index (χ1) is 10.6. The lowest BCUT2D eigenvalue weighted by Crippen LogP contribution is -2.45. The smallest absolute Gasteiger partial charge is 0.307 e. The molecule has 0 bridgehead atoms. The van der Waals surface area contributed by atoms with Crippen LogP contribution in [0, 0.1) is 11.8 Å². The van der Waals surface area contributed by atoms with Gasteiger partial charge in [-0.2, -0.15) is 0 Å². The van der Waals surface area contributed by atoms with Crippen LogP contribution in [0.5, 0.6) is 5.75 Å². The normalized spacial score (nSPS) is 27.3. The number of hydrogen-bond donors (Lipinski definition) is 1. The van der Waals surface area contributed by atoms with Crippen LogP contribution in [0.15, 0.2) is 24.3 Å². The lowest BCUT2D eigenvalue weighted by molar-refractivity contribution is -0.156. The predicted octanol–water partition coefficient (Wildman–Crippen LogP) is 2.12. The average molecular weight is 303 g/mol. The van der Waals surface area contributed by atoms with E-state index >= 15 is 0 Å². The van der Waals surface area contributed by atoms with Gasteiger partial charge in [0.1, 0.15) is 5.75 Å². The average Bonchev–Trinajstić information content (AvgIpc) is 2.95. The molecule has 2 fully saturated rings. The van der Waals surface area contributed by atoms with Crippen LogP contribution < -0.4 is 4.74 Å². The van der Waals surface area contributed by atoms with Crippen molar-refractivity contribution in [2.45, 2.75) is 25.2 Å². The fourth-order valence-corrected chi connectivity index (χ4v) is 3.54. The summed E-state index contributed by atoms with van der Waals surface area (Å²) in [7, 11) is 1.66. The van der Waals surface area contributed by atoms with Gasteiger partial charge in [-0.1, -0.05) is 18.2 Å². The number of carbonyl (C=O) groups is 2. The van der Waals surface area contributed by atoms with Gasteiger partial charge in [-0.15, -0.1) is 0 Å². The van der Waals surface area contributed by atoms with Gasteiger partial charge in [0.25, 0.3) is 0 Å². The number of likely N-dealkylation sites (tertiary alicyclic amines) is 1. The maximum absolute atomic E-state index is 12.5. The molecule has 5 heteroatoms. The van der Waals surface area contributed by atoms with Gasteiger partial charge >= 0.3 is 5.97 Å². The zero-order valence-corrected chi connectivity index (χ0v) is 12.7. The second-order valence-electron chi connectivity index (χ2n) is 6.14. The third-order valence-electron chi connectivity index (χ3n) is 4.99. The number of para-hydroxylation sites is 1. The summed E-state index contributed by atoms with van der Waals surface area (Å²) >= 11 is 0. The van der Waals surface area contributed by atoms with Crippen LogP contribution in [0.3, 0.4) is 0 Å². The number of carboxylic acids is 1. The van der Waals surface area contributed by atoms with Gasteiger partial charge in [0.2, 0.25) is 5.91 Å². The van der Waals surface area contributed by atoms with E-state index < -0.39 is 11.9 Å². The number of ether oxygens (including phenoxy) is 1. The molecule has 1 amide bonds. The van der Waals surface area contributed by atoms with E-state index in [1.807, 2.05) is 29.2 Å². The molecule has 1 aliphatic carbocycles. The molecule has 118 valence electrons. The van der Waals surface area contributed by atoms with Crippen LogP contribution >= 0.6 is 0 Å². The summed E-state index contributed by atoms with van der Waals surface area (Å²) in [6, 6.07) is 7.90. The second kappa shape index (κ2) is 5.99. The monoisotopic (exact) mass is 303 g/mol. The fraction of sp³-hybridized carbons (Fsp3) is 0.529. The highest BCUT2D eigenvalue weighted by molar-refractivity contribution is 5.86. The van der Waals surface area contributed by atoms with Gasteiger partial charge in [0.15, 0.2) is 0 Å². The molecule has 3 rings (SSSR count). The van der Waals surface area contributed by atoms with Crippen molar-refractivity contribution in [2.24, 2.45) is 11.8 Å². The zero-order valence-electron chi connectivity index (χ0n) is 12.7. The summed E-state index contributed by atoms with van der Waals surface area (Å²) in [6.45, 7) is 1.35. The third-order valence-corrected chi connectivity index (χ3v) is 4.99. The van der Waals surface area contributed by atoms with E-state index in [0.29, 0.717) is 25.9 Å². The van der Waals surface area contributed by atoms with E-state index in [1.54, 1.807) is 7.11 Å². The molecule has 1 aromatic carbocycles. The van der Waals surface area contributed by atoms with E-state index in [4.69, 9.17) is 9.84 Å². The van der Waals surface area contributed by atoms with Crippen molar-refractivity contribution in [3.63, 3.8) is 0 Å². The van der Waals surface area contributed by atoms with E-state index in [9.17, 15) is 9.59 Å². The highest BCUT2D eigenvalue weighted by Crippen LogP contribution is 2.39. The number of methoxy groups -OCH3 is 1. The van der Waals surface area contributed by atoms with Gasteiger partial charge in [0, 0.05) is 19.0 Å². The van der Waals surface area contributed by atoms with E-state index in [1.165, 1.54) is 0 Å². The lowest BCUT2D eigenvalue weighted by atomic mass is 9.73. The molecule has 5 nitrogen and oxygen atoms in total. The Bertz CT molecular complexity index is 586. The first-order valence-corrected chi connectivity index (χ1v) is 7.76. The topological polar surface area (TPSA) is 66.8 Å². The molecule has 1 aromatic rings. The van der Waals surface area contributed by atoms with Crippen LogP contribution in [0.2, 0.25) is 0 Å². The molecule has 1 saturated heterocycles. The Kier molecular flexibility index (Phi) is 4.05. The molecule has 3 atom stereocenters. The first kappa shape index (κ1) is 14.9. The van der Waals surface area contributed by atoms with Gasteiger partial charge in [0.05, 0.1) is 18.9 Å². The van der Waals surface area contributed by atoms with Crippen molar-refractivity contribution in [1.82, 2.24) is 4.90 Å². The molecule has 1 aliphatic heterocycles. The Labute approximate surface area is 129 Å². The van der Waals surface area contributed by atoms with Gasteiger partial charge in [-0.25, -0.2) is 0 Å². The molecule has 0 spiro atoms. The maximum Gasteiger partial charge on any atom is 0.307 e.